The van der Waals surface area contributed by atoms with E-state index < -0.39 is 5.91 Å². The number of carbonyl (C=O) groups excluding carboxylic acids is 1. The molecule has 0 spiro atoms. The molecular weight excluding hydrogens is 214 g/mol. The lowest BCUT2D eigenvalue weighted by atomic mass is 10.3. The average Bonchev–Trinajstić information content (AvgIpc) is 2.65. The van der Waals surface area contributed by atoms with Gasteiger partial charge in [0, 0.05) is 5.69 Å². The summed E-state index contributed by atoms with van der Waals surface area (Å²) in [5.74, 6) is -0.471. The third-order valence-corrected chi connectivity index (χ3v) is 2.57. The molecule has 0 aliphatic carbocycles. The van der Waals surface area contributed by atoms with E-state index >= 15 is 0 Å². The lowest BCUT2D eigenvalue weighted by molar-refractivity contribution is -0.110. The fourth-order valence-corrected chi connectivity index (χ4v) is 1.88. The van der Waals surface area contributed by atoms with Crippen molar-refractivity contribution in [1.29, 1.82) is 0 Å². The molecule has 0 fully saturated rings. The molecule has 1 aromatic heterocycles. The molecule has 0 unspecified atom stereocenters. The van der Waals surface area contributed by atoms with Gasteiger partial charge >= 0.3 is 0 Å². The number of nitrogens with zero attached hydrogens (tertiary/aromatic N) is 2. The molecule has 2 rings (SSSR count). The highest BCUT2D eigenvalue weighted by atomic mass is 32.1. The van der Waals surface area contributed by atoms with E-state index in [0.717, 1.165) is 16.4 Å². The van der Waals surface area contributed by atoms with Crippen LogP contribution in [0.15, 0.2) is 28.9 Å². The number of hydrogen-bond acceptors (Lipinski definition) is 5. The molecule has 6 heteroatoms. The van der Waals surface area contributed by atoms with E-state index in [1.165, 1.54) is 11.3 Å². The second kappa shape index (κ2) is 4.05. The quantitative estimate of drug-likeness (QED) is 0.460. The first-order valence-electron chi connectivity index (χ1n) is 4.11. The van der Waals surface area contributed by atoms with Crippen molar-refractivity contribution >= 4 is 39.4 Å². The minimum Gasteiger partial charge on any atom is -0.411 e. The standard InChI is InChI=1S/C9H7N3O2S/c13-9(4-11-14)12-6-1-2-7-8(3-6)15-5-10-7/h1-5,14H,(H,12,13). The molecule has 1 aromatic carbocycles. The summed E-state index contributed by atoms with van der Waals surface area (Å²) < 4.78 is 0.994. The number of amides is 1. The Balaban J connectivity index is 2.24. The maximum Gasteiger partial charge on any atom is 0.270 e. The number of benzene rings is 1. The molecular formula is C9H7N3O2S. The molecule has 0 radical (unpaired) electrons. The van der Waals surface area contributed by atoms with Gasteiger partial charge in [0.05, 0.1) is 15.7 Å². The minimum absolute atomic E-state index is 0.471. The Morgan fingerprint density at radius 2 is 2.47 bits per heavy atom. The van der Waals surface area contributed by atoms with Crippen molar-refractivity contribution in [3.63, 3.8) is 0 Å². The van der Waals surface area contributed by atoms with Gasteiger partial charge in [-0.05, 0) is 18.2 Å². The normalized spacial score (nSPS) is 10.9. The summed E-state index contributed by atoms with van der Waals surface area (Å²) >= 11 is 1.50. The van der Waals surface area contributed by atoms with E-state index in [2.05, 4.69) is 15.5 Å². The Kier molecular flexibility index (Phi) is 2.59. The van der Waals surface area contributed by atoms with Crippen LogP contribution < -0.4 is 5.32 Å². The Labute approximate surface area is 89.1 Å². The lowest BCUT2D eigenvalue weighted by Crippen LogP contribution is -2.12. The highest BCUT2D eigenvalue weighted by Gasteiger charge is 2.01. The molecule has 0 saturated carbocycles. The van der Waals surface area contributed by atoms with Crippen LogP contribution in [-0.4, -0.2) is 22.3 Å². The van der Waals surface area contributed by atoms with Crippen molar-refractivity contribution in [3.8, 4) is 0 Å². The van der Waals surface area contributed by atoms with Gasteiger partial charge in [-0.3, -0.25) is 4.79 Å². The average molecular weight is 221 g/mol. The highest BCUT2D eigenvalue weighted by molar-refractivity contribution is 7.16. The lowest BCUT2D eigenvalue weighted by Gasteiger charge is -2.00. The van der Waals surface area contributed by atoms with Gasteiger partial charge in [0.15, 0.2) is 0 Å². The van der Waals surface area contributed by atoms with E-state index in [9.17, 15) is 4.79 Å². The fraction of sp³-hybridized carbons (Fsp3) is 0. The zero-order valence-electron chi connectivity index (χ0n) is 7.54. The van der Waals surface area contributed by atoms with E-state index in [4.69, 9.17) is 5.21 Å². The van der Waals surface area contributed by atoms with Gasteiger partial charge in [-0.1, -0.05) is 5.16 Å². The van der Waals surface area contributed by atoms with Crippen LogP contribution in [0.5, 0.6) is 0 Å². The number of fused-ring (bicyclic) bond motifs is 1. The molecule has 0 bridgehead atoms. The number of carbonyl (C=O) groups is 1. The first-order valence-corrected chi connectivity index (χ1v) is 4.99. The molecule has 2 aromatic rings. The molecule has 2 N–H and O–H groups in total. The summed E-state index contributed by atoms with van der Waals surface area (Å²) in [5.41, 5.74) is 3.29. The minimum atomic E-state index is -0.471. The fourth-order valence-electron chi connectivity index (χ4n) is 1.16. The first-order chi connectivity index (χ1) is 7.29. The van der Waals surface area contributed by atoms with Crippen molar-refractivity contribution < 1.29 is 10.0 Å². The van der Waals surface area contributed by atoms with Gasteiger partial charge in [-0.25, -0.2) is 4.98 Å². The third kappa shape index (κ3) is 2.10. The molecule has 0 aliphatic heterocycles. The van der Waals surface area contributed by atoms with Gasteiger partial charge in [0.25, 0.3) is 5.91 Å². The number of rotatable bonds is 2. The van der Waals surface area contributed by atoms with Crippen LogP contribution in [0, 0.1) is 0 Å². The van der Waals surface area contributed by atoms with Gasteiger partial charge in [0.1, 0.15) is 6.21 Å². The second-order valence-electron chi connectivity index (χ2n) is 2.77. The van der Waals surface area contributed by atoms with E-state index in [0.29, 0.717) is 5.69 Å². The number of aromatic nitrogens is 1. The Bertz CT molecular complexity index is 521. The maximum absolute atomic E-state index is 11.1. The Morgan fingerprint density at radius 1 is 1.60 bits per heavy atom. The predicted octanol–water partition coefficient (Wildman–Crippen LogP) is 1.69. The molecule has 0 atom stereocenters. The summed E-state index contributed by atoms with van der Waals surface area (Å²) in [7, 11) is 0. The zero-order valence-corrected chi connectivity index (χ0v) is 8.36. The van der Waals surface area contributed by atoms with Crippen LogP contribution in [0.1, 0.15) is 0 Å². The maximum atomic E-state index is 11.1. The molecule has 15 heavy (non-hydrogen) atoms. The molecule has 1 heterocycles. The number of nitrogens with one attached hydrogen (secondary N) is 1. The van der Waals surface area contributed by atoms with Gasteiger partial charge < -0.3 is 10.5 Å². The summed E-state index contributed by atoms with van der Waals surface area (Å²) in [4.78, 5) is 15.2. The molecule has 0 aliphatic rings. The summed E-state index contributed by atoms with van der Waals surface area (Å²) in [6.07, 6.45) is 0.802. The van der Waals surface area contributed by atoms with Crippen molar-refractivity contribution in [2.24, 2.45) is 5.16 Å². The van der Waals surface area contributed by atoms with Gasteiger partial charge in [-0.2, -0.15) is 0 Å². The molecule has 76 valence electrons. The summed E-state index contributed by atoms with van der Waals surface area (Å²) in [5, 5.41) is 13.3. The molecule has 5 nitrogen and oxygen atoms in total. The molecule has 0 saturated heterocycles. The van der Waals surface area contributed by atoms with Crippen LogP contribution >= 0.6 is 11.3 Å². The Morgan fingerprint density at radius 3 is 3.27 bits per heavy atom. The summed E-state index contributed by atoms with van der Waals surface area (Å²) in [6.45, 7) is 0. The first kappa shape index (κ1) is 9.60. The van der Waals surface area contributed by atoms with Crippen LogP contribution in [0.25, 0.3) is 10.2 Å². The van der Waals surface area contributed by atoms with Crippen LogP contribution in [0.3, 0.4) is 0 Å². The van der Waals surface area contributed by atoms with Crippen molar-refractivity contribution in [2.45, 2.75) is 0 Å². The SMILES string of the molecule is O=C(C=NO)Nc1ccc2ncsc2c1. The van der Waals surface area contributed by atoms with E-state index in [-0.39, 0.29) is 0 Å². The number of anilines is 1. The van der Waals surface area contributed by atoms with Crippen LogP contribution in [0.4, 0.5) is 5.69 Å². The largest absolute Gasteiger partial charge is 0.411 e. The smallest absolute Gasteiger partial charge is 0.270 e. The number of thiazole rings is 1. The van der Waals surface area contributed by atoms with Crippen LogP contribution in [0.2, 0.25) is 0 Å². The third-order valence-electron chi connectivity index (χ3n) is 1.77. The molecule has 1 amide bonds. The van der Waals surface area contributed by atoms with E-state index in [1.807, 2.05) is 12.1 Å². The number of oxime groups is 1. The van der Waals surface area contributed by atoms with Gasteiger partial charge in [0.2, 0.25) is 0 Å². The van der Waals surface area contributed by atoms with Crippen molar-refractivity contribution in [2.75, 3.05) is 5.32 Å². The van der Waals surface area contributed by atoms with Gasteiger partial charge in [-0.15, -0.1) is 11.3 Å². The Hall–Kier alpha value is -1.95. The topological polar surface area (TPSA) is 74.6 Å². The second-order valence-corrected chi connectivity index (χ2v) is 3.66. The predicted molar refractivity (Wildman–Crippen MR) is 58.5 cm³/mol. The van der Waals surface area contributed by atoms with E-state index in [1.54, 1.807) is 11.6 Å². The monoisotopic (exact) mass is 221 g/mol. The number of hydrogen-bond donors (Lipinski definition) is 2. The zero-order chi connectivity index (χ0) is 10.7. The van der Waals surface area contributed by atoms with Crippen molar-refractivity contribution in [1.82, 2.24) is 4.98 Å². The van der Waals surface area contributed by atoms with Crippen molar-refractivity contribution in [3.05, 3.63) is 23.7 Å². The highest BCUT2D eigenvalue weighted by Crippen LogP contribution is 2.21. The summed E-state index contributed by atoms with van der Waals surface area (Å²) in [6, 6.07) is 5.37. The van der Waals surface area contributed by atoms with Crippen LogP contribution in [-0.2, 0) is 4.79 Å².